The van der Waals surface area contributed by atoms with Crippen LogP contribution in [0.15, 0.2) is 22.2 Å². The third-order valence-electron chi connectivity index (χ3n) is 0.633. The summed E-state index contributed by atoms with van der Waals surface area (Å²) in [5, 5.41) is 19.5. The van der Waals surface area contributed by atoms with Gasteiger partial charge in [0.2, 0.25) is 0 Å². The Balaban J connectivity index is -0.000000180. The van der Waals surface area contributed by atoms with E-state index >= 15 is 0 Å². The first kappa shape index (κ1) is 20.3. The van der Waals surface area contributed by atoms with Crippen LogP contribution in [0.4, 0.5) is 0 Å². The predicted molar refractivity (Wildman–Crippen MR) is 49.2 cm³/mol. The van der Waals surface area contributed by atoms with Gasteiger partial charge in [-0.15, -0.1) is 0 Å². The number of allylic oxidation sites excluding steroid dienone is 2. The molecule has 0 spiro atoms. The molecule has 0 amide bonds. The Labute approximate surface area is 118 Å². The maximum absolute atomic E-state index is 9.54. The Kier molecular flexibility index (Phi) is 16.3. The van der Waals surface area contributed by atoms with Crippen molar-refractivity contribution in [2.45, 2.75) is 13.8 Å². The summed E-state index contributed by atoms with van der Waals surface area (Å²) >= 11 is 10.2. The van der Waals surface area contributed by atoms with Gasteiger partial charge in [0.1, 0.15) is 0 Å². The molecule has 0 aromatic carbocycles. The van der Waals surface area contributed by atoms with Gasteiger partial charge in [0.15, 0.2) is 0 Å². The van der Waals surface area contributed by atoms with E-state index in [0.29, 0.717) is 0 Å². The molecular formula is C8H8CdCl2O4. The minimum atomic E-state index is -1.26. The fourth-order valence-corrected chi connectivity index (χ4v) is 0.503. The molecule has 7 heteroatoms. The Bertz CT molecular complexity index is 238. The predicted octanol–water partition coefficient (Wildman–Crippen LogP) is -0.245. The van der Waals surface area contributed by atoms with Crippen molar-refractivity contribution in [1.29, 1.82) is 0 Å². The van der Waals surface area contributed by atoms with Crippen molar-refractivity contribution in [1.82, 2.24) is 0 Å². The number of aliphatic carboxylic acids is 2. The summed E-state index contributed by atoms with van der Waals surface area (Å²) in [6.45, 7) is 2.94. The normalized spacial score (nSPS) is 10.7. The Hall–Kier alpha value is -0.0779. The Morgan fingerprint density at radius 3 is 1.13 bits per heavy atom. The molecule has 0 saturated heterocycles. The van der Waals surface area contributed by atoms with Gasteiger partial charge in [-0.25, -0.2) is 0 Å². The van der Waals surface area contributed by atoms with Gasteiger partial charge < -0.3 is 19.8 Å². The van der Waals surface area contributed by atoms with Crippen LogP contribution < -0.4 is 10.2 Å². The number of carbonyl (C=O) groups is 2. The minimum Gasteiger partial charge on any atom is -0.545 e. The smallest absolute Gasteiger partial charge is 0.545 e. The van der Waals surface area contributed by atoms with E-state index in [4.69, 9.17) is 23.2 Å². The maximum atomic E-state index is 9.54. The molecule has 0 saturated carbocycles. The van der Waals surface area contributed by atoms with Crippen LogP contribution >= 0.6 is 23.2 Å². The largest absolute Gasteiger partial charge is 2.00 e. The molecule has 0 aromatic rings. The number of carboxylic acids is 2. The maximum Gasteiger partial charge on any atom is 2.00 e. The van der Waals surface area contributed by atoms with Crippen LogP contribution in [0.25, 0.3) is 0 Å². The monoisotopic (exact) mass is 352 g/mol. The van der Waals surface area contributed by atoms with Crippen LogP contribution in [0.1, 0.15) is 13.8 Å². The zero-order valence-electron chi connectivity index (χ0n) is 8.25. The summed E-state index contributed by atoms with van der Waals surface area (Å²) in [6, 6.07) is 0. The Morgan fingerprint density at radius 2 is 1.13 bits per heavy atom. The molecule has 0 aromatic heterocycles. The van der Waals surface area contributed by atoms with Crippen LogP contribution in [-0.4, -0.2) is 11.9 Å². The molecule has 0 rings (SSSR count). The first-order chi connectivity index (χ1) is 6.25. The van der Waals surface area contributed by atoms with Gasteiger partial charge >= 0.3 is 27.3 Å². The van der Waals surface area contributed by atoms with Gasteiger partial charge in [0, 0.05) is 10.1 Å². The van der Waals surface area contributed by atoms with E-state index in [2.05, 4.69) is 0 Å². The van der Waals surface area contributed by atoms with Crippen molar-refractivity contribution in [2.24, 2.45) is 0 Å². The second kappa shape index (κ2) is 12.0. The van der Waals surface area contributed by atoms with Crippen molar-refractivity contribution in [3.8, 4) is 0 Å². The molecule has 0 radical (unpaired) electrons. The summed E-state index contributed by atoms with van der Waals surface area (Å²) in [5.74, 6) is -2.51. The van der Waals surface area contributed by atoms with E-state index in [1.165, 1.54) is 13.8 Å². The standard InChI is InChI=1S/2C4H5ClO2.Cd/c2*1-3(5)2-4(6)7;/h2*2H,1H3,(H,6,7);/q;;+2/p-2/b2*3-2-;. The van der Waals surface area contributed by atoms with E-state index in [1.807, 2.05) is 0 Å². The molecule has 15 heavy (non-hydrogen) atoms. The molecule has 0 bridgehead atoms. The van der Waals surface area contributed by atoms with Gasteiger partial charge in [-0.2, -0.15) is 0 Å². The second-order valence-electron chi connectivity index (χ2n) is 2.10. The van der Waals surface area contributed by atoms with E-state index in [-0.39, 0.29) is 37.4 Å². The van der Waals surface area contributed by atoms with Crippen molar-refractivity contribution >= 4 is 35.1 Å². The average Bonchev–Trinajstić information content (AvgIpc) is 1.79. The summed E-state index contributed by atoms with van der Waals surface area (Å²) in [4.78, 5) is 19.1. The average molecular weight is 351 g/mol. The summed E-state index contributed by atoms with van der Waals surface area (Å²) < 4.78 is 0. The topological polar surface area (TPSA) is 80.3 Å². The van der Waals surface area contributed by atoms with Gasteiger partial charge in [-0.3, -0.25) is 0 Å². The first-order valence-corrected chi connectivity index (χ1v) is 4.11. The van der Waals surface area contributed by atoms with E-state index in [9.17, 15) is 19.8 Å². The third-order valence-corrected chi connectivity index (χ3v) is 0.852. The zero-order chi connectivity index (χ0) is 11.7. The van der Waals surface area contributed by atoms with Crippen LogP contribution in [0.3, 0.4) is 0 Å². The van der Waals surface area contributed by atoms with Crippen LogP contribution in [-0.2, 0) is 36.9 Å². The molecule has 0 atom stereocenters. The zero-order valence-corrected chi connectivity index (χ0v) is 13.8. The fourth-order valence-electron chi connectivity index (χ4n) is 0.325. The molecule has 0 aliphatic carbocycles. The number of carboxylic acid groups (broad SMARTS) is 2. The number of hydrogen-bond acceptors (Lipinski definition) is 4. The molecule has 0 heterocycles. The van der Waals surface area contributed by atoms with Crippen molar-refractivity contribution in [2.75, 3.05) is 0 Å². The van der Waals surface area contributed by atoms with Crippen LogP contribution in [0.2, 0.25) is 0 Å². The number of rotatable bonds is 2. The summed E-state index contributed by atoms with van der Waals surface area (Å²) in [7, 11) is 0. The first-order valence-electron chi connectivity index (χ1n) is 3.35. The van der Waals surface area contributed by atoms with Gasteiger partial charge in [-0.1, -0.05) is 23.2 Å². The fraction of sp³-hybridized carbons (Fsp3) is 0.250. The van der Waals surface area contributed by atoms with Gasteiger partial charge in [0.25, 0.3) is 0 Å². The quantitative estimate of drug-likeness (QED) is 0.508. The number of hydrogen-bond donors (Lipinski definition) is 0. The molecule has 0 unspecified atom stereocenters. The second-order valence-corrected chi connectivity index (χ2v) is 3.29. The van der Waals surface area contributed by atoms with Gasteiger partial charge in [0.05, 0.1) is 11.9 Å². The van der Waals surface area contributed by atoms with Crippen LogP contribution in [0.5, 0.6) is 0 Å². The molecule has 0 aliphatic rings. The summed E-state index contributed by atoms with van der Waals surface area (Å²) in [6.07, 6.45) is 1.64. The molecule has 4 nitrogen and oxygen atoms in total. The van der Waals surface area contributed by atoms with E-state index in [1.54, 1.807) is 0 Å². The minimum absolute atomic E-state index is 0. The van der Waals surface area contributed by atoms with Crippen molar-refractivity contribution in [3.05, 3.63) is 22.2 Å². The van der Waals surface area contributed by atoms with Crippen LogP contribution in [0, 0.1) is 0 Å². The molecular weight excluding hydrogens is 343 g/mol. The molecule has 0 fully saturated rings. The third kappa shape index (κ3) is 31.5. The summed E-state index contributed by atoms with van der Waals surface area (Å²) in [5.41, 5.74) is 0. The molecule has 80 valence electrons. The Morgan fingerprint density at radius 1 is 0.933 bits per heavy atom. The van der Waals surface area contributed by atoms with Crippen molar-refractivity contribution < 1.29 is 47.1 Å². The number of carbonyl (C=O) groups excluding carboxylic acids is 2. The number of halogens is 2. The van der Waals surface area contributed by atoms with E-state index < -0.39 is 11.9 Å². The molecule has 0 N–H and O–H groups in total. The van der Waals surface area contributed by atoms with Crippen molar-refractivity contribution in [3.63, 3.8) is 0 Å². The SMILES string of the molecule is C/C(Cl)=C/C(=O)[O-].C/C(Cl)=C/C(=O)[O-].[Cd+2]. The van der Waals surface area contributed by atoms with Gasteiger partial charge in [-0.05, 0) is 26.0 Å². The molecule has 0 aliphatic heterocycles. The van der Waals surface area contributed by atoms with E-state index in [0.717, 1.165) is 12.2 Å².